The average Bonchev–Trinajstić information content (AvgIpc) is 2.47. The molecule has 0 heterocycles. The van der Waals surface area contributed by atoms with Crippen LogP contribution in [0.5, 0.6) is 11.5 Å². The van der Waals surface area contributed by atoms with Crippen molar-refractivity contribution in [2.24, 2.45) is 0 Å². The van der Waals surface area contributed by atoms with Crippen LogP contribution in [0.2, 0.25) is 0 Å². The van der Waals surface area contributed by atoms with Gasteiger partial charge >= 0.3 is 0 Å². The summed E-state index contributed by atoms with van der Waals surface area (Å²) in [4.78, 5) is -0.0275. The summed E-state index contributed by atoms with van der Waals surface area (Å²) in [5, 5.41) is 0. The zero-order chi connectivity index (χ0) is 14.5. The standard InChI is InChI=1S/C16H16BrFO2/c1-19-13-5-3-4-11(8-13)9-15(17)14-10-12(18)6-7-16(14)20-2/h3-8,10,15H,9H2,1-2H3. The second-order valence-corrected chi connectivity index (χ2v) is 5.51. The molecule has 0 aromatic heterocycles. The maximum Gasteiger partial charge on any atom is 0.123 e. The Morgan fingerprint density at radius 2 is 1.90 bits per heavy atom. The Hall–Kier alpha value is -1.55. The van der Waals surface area contributed by atoms with Gasteiger partial charge in [0.25, 0.3) is 0 Å². The molecule has 0 aliphatic rings. The van der Waals surface area contributed by atoms with Gasteiger partial charge in [-0.25, -0.2) is 4.39 Å². The molecule has 106 valence electrons. The first kappa shape index (κ1) is 14.9. The van der Waals surface area contributed by atoms with Crippen molar-refractivity contribution in [3.05, 3.63) is 59.4 Å². The van der Waals surface area contributed by atoms with Crippen LogP contribution in [0.1, 0.15) is 16.0 Å². The normalized spacial score (nSPS) is 12.0. The Kier molecular flexibility index (Phi) is 5.01. The zero-order valence-electron chi connectivity index (χ0n) is 11.4. The van der Waals surface area contributed by atoms with Crippen molar-refractivity contribution in [1.29, 1.82) is 0 Å². The second kappa shape index (κ2) is 6.75. The molecule has 4 heteroatoms. The molecule has 0 saturated heterocycles. The van der Waals surface area contributed by atoms with Gasteiger partial charge < -0.3 is 9.47 Å². The Morgan fingerprint density at radius 3 is 2.60 bits per heavy atom. The predicted octanol–water partition coefficient (Wildman–Crippen LogP) is 4.52. The van der Waals surface area contributed by atoms with Gasteiger partial charge in [-0.2, -0.15) is 0 Å². The summed E-state index contributed by atoms with van der Waals surface area (Å²) < 4.78 is 23.9. The highest BCUT2D eigenvalue weighted by molar-refractivity contribution is 9.09. The van der Waals surface area contributed by atoms with E-state index in [0.717, 1.165) is 23.3 Å². The molecule has 0 amide bonds. The first-order valence-electron chi connectivity index (χ1n) is 6.24. The summed E-state index contributed by atoms with van der Waals surface area (Å²) in [6, 6.07) is 12.4. The number of ether oxygens (including phenoxy) is 2. The number of rotatable bonds is 5. The minimum atomic E-state index is -0.268. The zero-order valence-corrected chi connectivity index (χ0v) is 13.0. The Labute approximate surface area is 126 Å². The maximum absolute atomic E-state index is 13.4. The van der Waals surface area contributed by atoms with E-state index >= 15 is 0 Å². The quantitative estimate of drug-likeness (QED) is 0.746. The molecular formula is C16H16BrFO2. The van der Waals surface area contributed by atoms with Crippen molar-refractivity contribution < 1.29 is 13.9 Å². The summed E-state index contributed by atoms with van der Waals surface area (Å²) in [7, 11) is 3.22. The lowest BCUT2D eigenvalue weighted by atomic mass is 10.0. The fourth-order valence-electron chi connectivity index (χ4n) is 2.07. The third-order valence-electron chi connectivity index (χ3n) is 3.08. The monoisotopic (exact) mass is 338 g/mol. The minimum Gasteiger partial charge on any atom is -0.497 e. The molecule has 1 unspecified atom stereocenters. The van der Waals surface area contributed by atoms with E-state index in [9.17, 15) is 4.39 Å². The summed E-state index contributed by atoms with van der Waals surface area (Å²) in [6.45, 7) is 0. The summed E-state index contributed by atoms with van der Waals surface area (Å²) in [5.41, 5.74) is 1.91. The Bertz CT molecular complexity index is 586. The van der Waals surface area contributed by atoms with Gasteiger partial charge in [-0.15, -0.1) is 0 Å². The summed E-state index contributed by atoms with van der Waals surface area (Å²) in [6.07, 6.45) is 0.719. The number of hydrogen-bond donors (Lipinski definition) is 0. The van der Waals surface area contributed by atoms with Gasteiger partial charge in [0.1, 0.15) is 17.3 Å². The first-order valence-corrected chi connectivity index (χ1v) is 7.16. The molecule has 0 radical (unpaired) electrons. The van der Waals surface area contributed by atoms with Crippen LogP contribution in [0, 0.1) is 5.82 Å². The molecule has 0 N–H and O–H groups in total. The number of methoxy groups -OCH3 is 2. The predicted molar refractivity (Wildman–Crippen MR) is 81.3 cm³/mol. The minimum absolute atomic E-state index is 0.0275. The van der Waals surface area contributed by atoms with Gasteiger partial charge in [-0.05, 0) is 42.3 Å². The lowest BCUT2D eigenvalue weighted by Crippen LogP contribution is -2.00. The molecule has 0 aliphatic carbocycles. The number of benzene rings is 2. The van der Waals surface area contributed by atoms with E-state index in [-0.39, 0.29) is 10.6 Å². The smallest absolute Gasteiger partial charge is 0.123 e. The average molecular weight is 339 g/mol. The van der Waals surface area contributed by atoms with Gasteiger partial charge in [0.05, 0.1) is 14.2 Å². The van der Waals surface area contributed by atoms with Crippen molar-refractivity contribution in [3.8, 4) is 11.5 Å². The molecule has 0 fully saturated rings. The SMILES string of the molecule is COc1cccc(CC(Br)c2cc(F)ccc2OC)c1. The van der Waals surface area contributed by atoms with Crippen LogP contribution in [-0.4, -0.2) is 14.2 Å². The van der Waals surface area contributed by atoms with Crippen LogP contribution in [0.4, 0.5) is 4.39 Å². The van der Waals surface area contributed by atoms with Crippen LogP contribution in [0.25, 0.3) is 0 Å². The highest BCUT2D eigenvalue weighted by Crippen LogP contribution is 2.34. The topological polar surface area (TPSA) is 18.5 Å². The molecule has 0 saturated carbocycles. The Balaban J connectivity index is 2.23. The molecule has 0 bridgehead atoms. The number of halogens is 2. The van der Waals surface area contributed by atoms with Crippen molar-refractivity contribution in [1.82, 2.24) is 0 Å². The van der Waals surface area contributed by atoms with Crippen LogP contribution in [0.3, 0.4) is 0 Å². The van der Waals surface area contributed by atoms with E-state index in [1.807, 2.05) is 24.3 Å². The number of alkyl halides is 1. The van der Waals surface area contributed by atoms with E-state index in [0.29, 0.717) is 5.75 Å². The fraction of sp³-hybridized carbons (Fsp3) is 0.250. The van der Waals surface area contributed by atoms with Gasteiger partial charge in [-0.1, -0.05) is 28.1 Å². The molecule has 0 spiro atoms. The number of hydrogen-bond acceptors (Lipinski definition) is 2. The molecule has 1 atom stereocenters. The van der Waals surface area contributed by atoms with Crippen molar-refractivity contribution in [2.75, 3.05) is 14.2 Å². The van der Waals surface area contributed by atoms with Crippen molar-refractivity contribution in [3.63, 3.8) is 0 Å². The van der Waals surface area contributed by atoms with E-state index in [1.165, 1.54) is 12.1 Å². The molecule has 0 aliphatic heterocycles. The van der Waals surface area contributed by atoms with E-state index in [1.54, 1.807) is 20.3 Å². The van der Waals surface area contributed by atoms with Crippen LogP contribution in [0.15, 0.2) is 42.5 Å². The molecule has 2 aromatic rings. The van der Waals surface area contributed by atoms with Crippen molar-refractivity contribution in [2.45, 2.75) is 11.2 Å². The van der Waals surface area contributed by atoms with Gasteiger partial charge in [0, 0.05) is 10.4 Å². The van der Waals surface area contributed by atoms with Gasteiger partial charge in [0.15, 0.2) is 0 Å². The summed E-state index contributed by atoms with van der Waals surface area (Å²) in [5.74, 6) is 1.22. The van der Waals surface area contributed by atoms with Crippen LogP contribution < -0.4 is 9.47 Å². The fourth-order valence-corrected chi connectivity index (χ4v) is 2.80. The molecule has 2 aromatic carbocycles. The Morgan fingerprint density at radius 1 is 1.10 bits per heavy atom. The highest BCUT2D eigenvalue weighted by atomic mass is 79.9. The third kappa shape index (κ3) is 3.51. The first-order chi connectivity index (χ1) is 9.63. The lowest BCUT2D eigenvalue weighted by molar-refractivity contribution is 0.408. The van der Waals surface area contributed by atoms with Gasteiger partial charge in [-0.3, -0.25) is 0 Å². The van der Waals surface area contributed by atoms with E-state index in [4.69, 9.17) is 9.47 Å². The molecule has 2 rings (SSSR count). The lowest BCUT2D eigenvalue weighted by Gasteiger charge is -2.15. The van der Waals surface area contributed by atoms with Gasteiger partial charge in [0.2, 0.25) is 0 Å². The van der Waals surface area contributed by atoms with Crippen LogP contribution >= 0.6 is 15.9 Å². The molecule has 20 heavy (non-hydrogen) atoms. The molecular weight excluding hydrogens is 323 g/mol. The van der Waals surface area contributed by atoms with Crippen LogP contribution in [-0.2, 0) is 6.42 Å². The van der Waals surface area contributed by atoms with E-state index < -0.39 is 0 Å². The summed E-state index contributed by atoms with van der Waals surface area (Å²) >= 11 is 3.61. The second-order valence-electron chi connectivity index (χ2n) is 4.41. The third-order valence-corrected chi connectivity index (χ3v) is 3.90. The molecule has 2 nitrogen and oxygen atoms in total. The maximum atomic E-state index is 13.4. The highest BCUT2D eigenvalue weighted by Gasteiger charge is 2.15. The largest absolute Gasteiger partial charge is 0.497 e. The van der Waals surface area contributed by atoms with Crippen molar-refractivity contribution >= 4 is 15.9 Å². The van der Waals surface area contributed by atoms with E-state index in [2.05, 4.69) is 15.9 Å².